The summed E-state index contributed by atoms with van der Waals surface area (Å²) < 4.78 is 1.03. The quantitative estimate of drug-likeness (QED) is 0.480. The van der Waals surface area contributed by atoms with Crippen LogP contribution in [0.3, 0.4) is 0 Å². The minimum absolute atomic E-state index is 0.215. The Kier molecular flexibility index (Phi) is 5.10. The van der Waals surface area contributed by atoms with Gasteiger partial charge in [-0.15, -0.1) is 0 Å². The number of benzene rings is 3. The summed E-state index contributed by atoms with van der Waals surface area (Å²) in [6.45, 7) is 3.88. The first kappa shape index (κ1) is 18.8. The second-order valence-electron chi connectivity index (χ2n) is 6.74. The molecular weight excluding hydrogens is 382 g/mol. The Bertz CT molecular complexity index is 1220. The summed E-state index contributed by atoms with van der Waals surface area (Å²) in [6.07, 6.45) is 0. The van der Waals surface area contributed by atoms with Crippen molar-refractivity contribution in [2.75, 3.05) is 10.6 Å². The lowest BCUT2D eigenvalue weighted by Gasteiger charge is -2.10. The van der Waals surface area contributed by atoms with Gasteiger partial charge in [0.1, 0.15) is 0 Å². The number of aromatic nitrogens is 1. The summed E-state index contributed by atoms with van der Waals surface area (Å²) in [6, 6.07) is 20.2. The van der Waals surface area contributed by atoms with Crippen LogP contribution in [0.5, 0.6) is 0 Å². The van der Waals surface area contributed by atoms with Gasteiger partial charge in [-0.2, -0.15) is 0 Å². The van der Waals surface area contributed by atoms with E-state index in [9.17, 15) is 9.59 Å². The van der Waals surface area contributed by atoms with Crippen molar-refractivity contribution in [3.8, 4) is 0 Å². The Morgan fingerprint density at radius 3 is 2.31 bits per heavy atom. The van der Waals surface area contributed by atoms with Gasteiger partial charge in [0, 0.05) is 16.8 Å². The zero-order valence-corrected chi connectivity index (χ0v) is 16.8. The first-order valence-electron chi connectivity index (χ1n) is 9.16. The minimum Gasteiger partial charge on any atom is -0.322 e. The van der Waals surface area contributed by atoms with E-state index in [4.69, 9.17) is 0 Å². The van der Waals surface area contributed by atoms with E-state index in [2.05, 4.69) is 15.6 Å². The normalized spacial score (nSPS) is 10.7. The maximum atomic E-state index is 12.7. The van der Waals surface area contributed by atoms with Gasteiger partial charge in [-0.3, -0.25) is 14.9 Å². The van der Waals surface area contributed by atoms with E-state index in [0.717, 1.165) is 21.3 Å². The number of anilines is 2. The van der Waals surface area contributed by atoms with E-state index in [1.165, 1.54) is 11.3 Å². The molecule has 5 nitrogen and oxygen atoms in total. The van der Waals surface area contributed by atoms with E-state index < -0.39 is 0 Å². The van der Waals surface area contributed by atoms with Gasteiger partial charge in [-0.05, 0) is 55.3 Å². The number of hydrogen-bond donors (Lipinski definition) is 2. The predicted molar refractivity (Wildman–Crippen MR) is 118 cm³/mol. The lowest BCUT2D eigenvalue weighted by molar-refractivity contribution is 0.101. The maximum Gasteiger partial charge on any atom is 0.257 e. The number of thiazole rings is 1. The number of para-hydroxylation sites is 1. The summed E-state index contributed by atoms with van der Waals surface area (Å²) in [5.41, 5.74) is 4.46. The molecular formula is C23H19N3O2S. The average Bonchev–Trinajstić information content (AvgIpc) is 3.14. The molecule has 0 saturated carbocycles. The van der Waals surface area contributed by atoms with Crippen LogP contribution in [0.2, 0.25) is 0 Å². The minimum atomic E-state index is -0.267. The van der Waals surface area contributed by atoms with Crippen molar-refractivity contribution in [3.05, 3.63) is 89.0 Å². The van der Waals surface area contributed by atoms with Gasteiger partial charge in [0.15, 0.2) is 5.13 Å². The van der Waals surface area contributed by atoms with Crippen LogP contribution < -0.4 is 10.6 Å². The highest BCUT2D eigenvalue weighted by molar-refractivity contribution is 7.22. The molecule has 0 atom stereocenters. The van der Waals surface area contributed by atoms with Gasteiger partial charge in [0.25, 0.3) is 11.8 Å². The first-order chi connectivity index (χ1) is 14.0. The SMILES string of the molecule is Cc1ccc(C(=O)Nc2nc3c(C)cccc3s2)cc1NC(=O)c1ccccc1. The summed E-state index contributed by atoms with van der Waals surface area (Å²) in [7, 11) is 0. The highest BCUT2D eigenvalue weighted by atomic mass is 32.1. The van der Waals surface area contributed by atoms with Gasteiger partial charge in [0.05, 0.1) is 10.2 Å². The van der Waals surface area contributed by atoms with Crippen molar-refractivity contribution < 1.29 is 9.59 Å². The lowest BCUT2D eigenvalue weighted by atomic mass is 10.1. The van der Waals surface area contributed by atoms with Gasteiger partial charge in [-0.25, -0.2) is 4.98 Å². The molecule has 3 aromatic carbocycles. The molecule has 29 heavy (non-hydrogen) atoms. The molecule has 4 rings (SSSR count). The zero-order chi connectivity index (χ0) is 20.4. The van der Waals surface area contributed by atoms with Crippen LogP contribution in [-0.4, -0.2) is 16.8 Å². The van der Waals surface area contributed by atoms with Crippen molar-refractivity contribution in [3.63, 3.8) is 0 Å². The van der Waals surface area contributed by atoms with E-state index in [1.807, 2.05) is 56.3 Å². The molecule has 0 aliphatic carbocycles. The number of carbonyl (C=O) groups excluding carboxylic acids is 2. The third-order valence-electron chi connectivity index (χ3n) is 4.63. The molecule has 0 aliphatic heterocycles. The molecule has 0 bridgehead atoms. The van der Waals surface area contributed by atoms with Crippen molar-refractivity contribution in [1.29, 1.82) is 0 Å². The average molecular weight is 401 g/mol. The largest absolute Gasteiger partial charge is 0.322 e. The Balaban J connectivity index is 1.55. The van der Waals surface area contributed by atoms with Crippen LogP contribution in [0.15, 0.2) is 66.7 Å². The number of amides is 2. The maximum absolute atomic E-state index is 12.7. The number of aryl methyl sites for hydroxylation is 2. The van der Waals surface area contributed by atoms with Crippen LogP contribution in [0.1, 0.15) is 31.8 Å². The molecule has 2 N–H and O–H groups in total. The third kappa shape index (κ3) is 4.02. The predicted octanol–water partition coefficient (Wildman–Crippen LogP) is 5.42. The molecule has 4 aromatic rings. The van der Waals surface area contributed by atoms with E-state index in [-0.39, 0.29) is 11.8 Å². The standard InChI is InChI=1S/C23H19N3O2S/c1-14-11-12-17(13-18(14)24-21(27)16-8-4-3-5-9-16)22(28)26-23-25-20-15(2)7-6-10-19(20)29-23/h3-13H,1-2H3,(H,24,27)(H,25,26,28). The van der Waals surface area contributed by atoms with Crippen LogP contribution >= 0.6 is 11.3 Å². The summed E-state index contributed by atoms with van der Waals surface area (Å²) in [4.78, 5) is 29.7. The van der Waals surface area contributed by atoms with E-state index >= 15 is 0 Å². The summed E-state index contributed by atoms with van der Waals surface area (Å²) in [5.74, 6) is -0.482. The molecule has 1 heterocycles. The lowest BCUT2D eigenvalue weighted by Crippen LogP contribution is -2.15. The number of nitrogens with one attached hydrogen (secondary N) is 2. The number of fused-ring (bicyclic) bond motifs is 1. The molecule has 0 spiro atoms. The molecule has 0 fully saturated rings. The smallest absolute Gasteiger partial charge is 0.257 e. The number of rotatable bonds is 4. The molecule has 0 unspecified atom stereocenters. The fraction of sp³-hybridized carbons (Fsp3) is 0.0870. The summed E-state index contributed by atoms with van der Waals surface area (Å²) in [5, 5.41) is 6.30. The third-order valence-corrected chi connectivity index (χ3v) is 5.56. The topological polar surface area (TPSA) is 71.1 Å². The second kappa shape index (κ2) is 7.85. The molecule has 1 aromatic heterocycles. The zero-order valence-electron chi connectivity index (χ0n) is 16.0. The molecule has 2 amide bonds. The van der Waals surface area contributed by atoms with Crippen molar-refractivity contribution >= 4 is 44.2 Å². The Morgan fingerprint density at radius 2 is 1.55 bits per heavy atom. The summed E-state index contributed by atoms with van der Waals surface area (Å²) >= 11 is 1.44. The van der Waals surface area contributed by atoms with Gasteiger partial charge < -0.3 is 5.32 Å². The Labute approximate surface area is 172 Å². The van der Waals surface area contributed by atoms with Gasteiger partial charge in [0.2, 0.25) is 0 Å². The van der Waals surface area contributed by atoms with Crippen molar-refractivity contribution in [2.45, 2.75) is 13.8 Å². The fourth-order valence-electron chi connectivity index (χ4n) is 2.99. The molecule has 144 valence electrons. The molecule has 0 radical (unpaired) electrons. The van der Waals surface area contributed by atoms with E-state index in [1.54, 1.807) is 24.3 Å². The van der Waals surface area contributed by atoms with Crippen LogP contribution in [0, 0.1) is 13.8 Å². The van der Waals surface area contributed by atoms with Gasteiger partial charge >= 0.3 is 0 Å². The fourth-order valence-corrected chi connectivity index (χ4v) is 3.93. The van der Waals surface area contributed by atoms with Crippen molar-refractivity contribution in [1.82, 2.24) is 4.98 Å². The van der Waals surface area contributed by atoms with Crippen molar-refractivity contribution in [2.24, 2.45) is 0 Å². The second-order valence-corrected chi connectivity index (χ2v) is 7.78. The van der Waals surface area contributed by atoms with Gasteiger partial charge in [-0.1, -0.05) is 47.7 Å². The first-order valence-corrected chi connectivity index (χ1v) is 9.97. The number of nitrogens with zero attached hydrogens (tertiary/aromatic N) is 1. The van der Waals surface area contributed by atoms with Crippen LogP contribution in [-0.2, 0) is 0 Å². The number of carbonyl (C=O) groups is 2. The number of hydrogen-bond acceptors (Lipinski definition) is 4. The van der Waals surface area contributed by atoms with E-state index in [0.29, 0.717) is 21.9 Å². The highest BCUT2D eigenvalue weighted by Gasteiger charge is 2.14. The molecule has 0 saturated heterocycles. The molecule has 0 aliphatic rings. The van der Waals surface area contributed by atoms with Crippen LogP contribution in [0.4, 0.5) is 10.8 Å². The highest BCUT2D eigenvalue weighted by Crippen LogP contribution is 2.28. The Hall–Kier alpha value is -3.51. The monoisotopic (exact) mass is 401 g/mol. The molecule has 6 heteroatoms. The van der Waals surface area contributed by atoms with Crippen LogP contribution in [0.25, 0.3) is 10.2 Å². The Morgan fingerprint density at radius 1 is 0.793 bits per heavy atom.